The zero-order chi connectivity index (χ0) is 25.6. The Morgan fingerprint density at radius 1 is 0.865 bits per heavy atom. The molecule has 0 atom stereocenters. The number of hydrogen-bond acceptors (Lipinski definition) is 6. The maximum absolute atomic E-state index is 12.5. The molecule has 0 aliphatic carbocycles. The van der Waals surface area contributed by atoms with Crippen LogP contribution in [0.1, 0.15) is 10.4 Å². The number of thioether (sulfide) groups is 1. The molecule has 8 heteroatoms. The zero-order valence-electron chi connectivity index (χ0n) is 19.9. The highest BCUT2D eigenvalue weighted by molar-refractivity contribution is 8.00. The van der Waals surface area contributed by atoms with Crippen molar-refractivity contribution < 1.29 is 18.7 Å². The fraction of sp³-hybridized carbons (Fsp3) is 0.0690. The minimum Gasteiger partial charge on any atom is -0.497 e. The van der Waals surface area contributed by atoms with Crippen molar-refractivity contribution in [3.05, 3.63) is 103 Å². The van der Waals surface area contributed by atoms with Crippen LogP contribution in [0.3, 0.4) is 0 Å². The van der Waals surface area contributed by atoms with Crippen LogP contribution >= 0.6 is 11.8 Å². The second-order valence-electron chi connectivity index (χ2n) is 8.11. The number of aromatic nitrogens is 1. The lowest BCUT2D eigenvalue weighted by Gasteiger charge is -2.08. The fourth-order valence-corrected chi connectivity index (χ4v) is 4.34. The van der Waals surface area contributed by atoms with Gasteiger partial charge in [-0.15, -0.1) is 11.8 Å². The summed E-state index contributed by atoms with van der Waals surface area (Å²) in [5.74, 6) is 1.08. The number of methoxy groups -OCH3 is 1. The summed E-state index contributed by atoms with van der Waals surface area (Å²) < 4.78 is 11.0. The lowest BCUT2D eigenvalue weighted by atomic mass is 10.2. The van der Waals surface area contributed by atoms with Gasteiger partial charge >= 0.3 is 0 Å². The Kier molecular flexibility index (Phi) is 7.19. The summed E-state index contributed by atoms with van der Waals surface area (Å²) in [7, 11) is 1.56. The minimum absolute atomic E-state index is 0.116. The molecule has 0 aliphatic rings. The van der Waals surface area contributed by atoms with Gasteiger partial charge in [-0.05, 0) is 78.9 Å². The molecule has 4 aromatic carbocycles. The average molecular weight is 510 g/mol. The molecule has 0 aliphatic heterocycles. The molecule has 2 amide bonds. The van der Waals surface area contributed by atoms with E-state index in [9.17, 15) is 9.59 Å². The van der Waals surface area contributed by atoms with Crippen LogP contribution in [0.5, 0.6) is 5.75 Å². The molecule has 0 spiro atoms. The van der Waals surface area contributed by atoms with E-state index in [1.807, 2.05) is 72.8 Å². The van der Waals surface area contributed by atoms with Gasteiger partial charge in [0.05, 0.1) is 12.9 Å². The largest absolute Gasteiger partial charge is 0.497 e. The smallest absolute Gasteiger partial charge is 0.255 e. The number of benzene rings is 4. The van der Waals surface area contributed by atoms with Gasteiger partial charge in [0.2, 0.25) is 11.8 Å². The minimum atomic E-state index is -0.221. The van der Waals surface area contributed by atoms with Gasteiger partial charge in [-0.3, -0.25) is 9.59 Å². The van der Waals surface area contributed by atoms with Crippen LogP contribution in [0.15, 0.2) is 106 Å². The van der Waals surface area contributed by atoms with Gasteiger partial charge in [0.1, 0.15) is 11.3 Å². The highest BCUT2D eigenvalue weighted by Crippen LogP contribution is 2.26. The molecule has 0 fully saturated rings. The summed E-state index contributed by atoms with van der Waals surface area (Å²) in [5, 5.41) is 5.77. The Labute approximate surface area is 217 Å². The quantitative estimate of drug-likeness (QED) is 0.232. The maximum atomic E-state index is 12.5. The number of para-hydroxylation sites is 2. The van der Waals surface area contributed by atoms with E-state index < -0.39 is 0 Å². The van der Waals surface area contributed by atoms with Crippen LogP contribution in [0, 0.1) is 0 Å². The topological polar surface area (TPSA) is 93.5 Å². The Bertz CT molecular complexity index is 1510. The van der Waals surface area contributed by atoms with E-state index in [1.54, 1.807) is 31.4 Å². The van der Waals surface area contributed by atoms with Crippen molar-refractivity contribution in [2.75, 3.05) is 23.5 Å². The number of hydrogen-bond donors (Lipinski definition) is 2. The molecular weight excluding hydrogens is 486 g/mol. The van der Waals surface area contributed by atoms with E-state index in [0.29, 0.717) is 28.6 Å². The Morgan fingerprint density at radius 3 is 2.35 bits per heavy atom. The predicted molar refractivity (Wildman–Crippen MR) is 146 cm³/mol. The van der Waals surface area contributed by atoms with E-state index in [0.717, 1.165) is 21.6 Å². The second kappa shape index (κ2) is 11.0. The monoisotopic (exact) mass is 509 g/mol. The summed E-state index contributed by atoms with van der Waals surface area (Å²) >= 11 is 1.41. The lowest BCUT2D eigenvalue weighted by molar-refractivity contribution is -0.113. The second-order valence-corrected chi connectivity index (χ2v) is 9.16. The Balaban J connectivity index is 1.12. The summed E-state index contributed by atoms with van der Waals surface area (Å²) in [5.41, 5.74) is 4.25. The third-order valence-electron chi connectivity index (χ3n) is 5.52. The summed E-state index contributed by atoms with van der Waals surface area (Å²) in [6, 6.07) is 29.3. The molecule has 0 unspecified atom stereocenters. The first kappa shape index (κ1) is 24.1. The third-order valence-corrected chi connectivity index (χ3v) is 6.54. The van der Waals surface area contributed by atoms with Gasteiger partial charge in [-0.1, -0.05) is 18.2 Å². The molecule has 1 heterocycles. The Hall–Kier alpha value is -4.56. The first-order chi connectivity index (χ1) is 18.1. The van der Waals surface area contributed by atoms with Crippen molar-refractivity contribution in [2.24, 2.45) is 0 Å². The van der Waals surface area contributed by atoms with Crippen LogP contribution in [-0.2, 0) is 4.79 Å². The first-order valence-corrected chi connectivity index (χ1v) is 12.5. The zero-order valence-corrected chi connectivity index (χ0v) is 20.7. The molecule has 5 rings (SSSR count). The van der Waals surface area contributed by atoms with E-state index in [-0.39, 0.29) is 17.6 Å². The molecule has 184 valence electrons. The number of anilines is 2. The normalized spacial score (nSPS) is 10.7. The van der Waals surface area contributed by atoms with E-state index in [1.165, 1.54) is 11.8 Å². The highest BCUT2D eigenvalue weighted by Gasteiger charge is 2.10. The summed E-state index contributed by atoms with van der Waals surface area (Å²) in [6.07, 6.45) is 0. The van der Waals surface area contributed by atoms with Crippen molar-refractivity contribution >= 4 is 46.1 Å². The number of oxazole rings is 1. The van der Waals surface area contributed by atoms with Gasteiger partial charge in [-0.25, -0.2) is 4.98 Å². The van der Waals surface area contributed by atoms with Crippen molar-refractivity contribution in [3.63, 3.8) is 0 Å². The number of amides is 2. The predicted octanol–water partition coefficient (Wildman–Crippen LogP) is 6.49. The standard InChI is InChI=1S/C29H23N3O4S/c1-35-23-6-4-5-20(17-23)28(34)31-22-13-15-24(16-14-22)37-18-27(33)30-21-11-9-19(10-12-21)29-32-25-7-2-3-8-26(25)36-29/h2-17H,18H2,1H3,(H,30,33)(H,31,34). The number of nitrogens with one attached hydrogen (secondary N) is 2. The maximum Gasteiger partial charge on any atom is 0.255 e. The first-order valence-electron chi connectivity index (χ1n) is 11.5. The van der Waals surface area contributed by atoms with Crippen LogP contribution in [0.25, 0.3) is 22.6 Å². The molecule has 7 nitrogen and oxygen atoms in total. The SMILES string of the molecule is COc1cccc(C(=O)Nc2ccc(SCC(=O)Nc3ccc(-c4nc5ccccc5o4)cc3)cc2)c1. The van der Waals surface area contributed by atoms with Crippen molar-refractivity contribution in [3.8, 4) is 17.2 Å². The van der Waals surface area contributed by atoms with Crippen LogP contribution < -0.4 is 15.4 Å². The van der Waals surface area contributed by atoms with E-state index >= 15 is 0 Å². The molecular formula is C29H23N3O4S. The summed E-state index contributed by atoms with van der Waals surface area (Å²) in [6.45, 7) is 0. The average Bonchev–Trinajstić information content (AvgIpc) is 3.37. The molecule has 0 saturated carbocycles. The fourth-order valence-electron chi connectivity index (χ4n) is 3.64. The Morgan fingerprint density at radius 2 is 1.59 bits per heavy atom. The third kappa shape index (κ3) is 5.99. The van der Waals surface area contributed by atoms with Crippen LogP contribution in [0.4, 0.5) is 11.4 Å². The molecule has 37 heavy (non-hydrogen) atoms. The number of carbonyl (C=O) groups is 2. The molecule has 5 aromatic rings. The van der Waals surface area contributed by atoms with Crippen molar-refractivity contribution in [1.82, 2.24) is 4.98 Å². The number of nitrogens with zero attached hydrogens (tertiary/aromatic N) is 1. The number of carbonyl (C=O) groups excluding carboxylic acids is 2. The number of fused-ring (bicyclic) bond motifs is 1. The van der Waals surface area contributed by atoms with Gasteiger partial charge in [0, 0.05) is 27.4 Å². The number of rotatable bonds is 8. The van der Waals surface area contributed by atoms with Crippen LogP contribution in [-0.4, -0.2) is 29.7 Å². The molecule has 1 aromatic heterocycles. The molecule has 2 N–H and O–H groups in total. The van der Waals surface area contributed by atoms with Gasteiger partial charge in [0.15, 0.2) is 5.58 Å². The van der Waals surface area contributed by atoms with E-state index in [2.05, 4.69) is 15.6 Å². The molecule has 0 saturated heterocycles. The van der Waals surface area contributed by atoms with Gasteiger partial charge < -0.3 is 19.8 Å². The van der Waals surface area contributed by atoms with Crippen molar-refractivity contribution in [2.45, 2.75) is 4.90 Å². The van der Waals surface area contributed by atoms with Crippen LogP contribution in [0.2, 0.25) is 0 Å². The van der Waals surface area contributed by atoms with Gasteiger partial charge in [-0.2, -0.15) is 0 Å². The summed E-state index contributed by atoms with van der Waals surface area (Å²) in [4.78, 5) is 30.3. The number of ether oxygens (including phenoxy) is 1. The molecule has 0 bridgehead atoms. The van der Waals surface area contributed by atoms with Crippen molar-refractivity contribution in [1.29, 1.82) is 0 Å². The van der Waals surface area contributed by atoms with Gasteiger partial charge in [0.25, 0.3) is 5.91 Å². The highest BCUT2D eigenvalue weighted by atomic mass is 32.2. The van der Waals surface area contributed by atoms with E-state index in [4.69, 9.17) is 9.15 Å². The lowest BCUT2D eigenvalue weighted by Crippen LogP contribution is -2.14. The molecule has 0 radical (unpaired) electrons.